The van der Waals surface area contributed by atoms with Crippen molar-refractivity contribution >= 4 is 0 Å². The van der Waals surface area contributed by atoms with Gasteiger partial charge in [0.15, 0.2) is 0 Å². The molecule has 1 aliphatic rings. The van der Waals surface area contributed by atoms with Crippen molar-refractivity contribution in [3.05, 3.63) is 0 Å². The van der Waals surface area contributed by atoms with Crippen LogP contribution < -0.4 is 11.5 Å². The normalized spacial score (nSPS) is 38.2. The van der Waals surface area contributed by atoms with E-state index in [1.54, 1.807) is 0 Å². The molecule has 1 unspecified atom stereocenters. The predicted octanol–water partition coefficient (Wildman–Crippen LogP) is 1.49. The number of hydrogen-bond donors (Lipinski definition) is 2. The van der Waals surface area contributed by atoms with E-state index in [0.29, 0.717) is 23.4 Å². The molecule has 0 aromatic carbocycles. The third-order valence-corrected chi connectivity index (χ3v) is 3.00. The molecule has 0 aromatic heterocycles. The van der Waals surface area contributed by atoms with E-state index in [4.69, 9.17) is 11.5 Å². The quantitative estimate of drug-likeness (QED) is 0.578. The highest BCUT2D eigenvalue weighted by molar-refractivity contribution is 4.88. The van der Waals surface area contributed by atoms with Crippen molar-refractivity contribution in [2.75, 3.05) is 0 Å². The molecule has 0 aromatic rings. The van der Waals surface area contributed by atoms with Crippen molar-refractivity contribution < 1.29 is 0 Å². The third-order valence-electron chi connectivity index (χ3n) is 3.00. The lowest BCUT2D eigenvalue weighted by atomic mass is 9.70. The molecule has 3 atom stereocenters. The Hall–Kier alpha value is -0.0800. The maximum absolute atomic E-state index is 5.93. The van der Waals surface area contributed by atoms with Crippen molar-refractivity contribution in [1.82, 2.24) is 0 Å². The molecule has 72 valence electrons. The number of nitrogens with two attached hydrogens (primary N) is 2. The summed E-state index contributed by atoms with van der Waals surface area (Å²) in [6, 6.07) is 0.663. The molecule has 0 radical (unpaired) electrons. The molecule has 0 heterocycles. The Bertz CT molecular complexity index is 138. The fourth-order valence-electron chi connectivity index (χ4n) is 2.12. The fourth-order valence-corrected chi connectivity index (χ4v) is 2.12. The van der Waals surface area contributed by atoms with Gasteiger partial charge in [0.25, 0.3) is 0 Å². The van der Waals surface area contributed by atoms with Crippen LogP contribution in [0, 0.1) is 11.3 Å². The van der Waals surface area contributed by atoms with E-state index in [-0.39, 0.29) is 0 Å². The Morgan fingerprint density at radius 1 is 0.917 bits per heavy atom. The van der Waals surface area contributed by atoms with E-state index in [1.807, 2.05) is 0 Å². The van der Waals surface area contributed by atoms with Gasteiger partial charge in [0.05, 0.1) is 0 Å². The fraction of sp³-hybridized carbons (Fsp3) is 1.00. The van der Waals surface area contributed by atoms with E-state index < -0.39 is 0 Å². The standard InChI is InChI=1S/C10H22N2/c1-10(2,3)7-4-8(11)6-9(12)5-7/h7-9H,4-6,11-12H2,1-3H3/t7?,8-,9+. The summed E-state index contributed by atoms with van der Waals surface area (Å²) >= 11 is 0. The second kappa shape index (κ2) is 3.35. The summed E-state index contributed by atoms with van der Waals surface area (Å²) in [6.07, 6.45) is 3.31. The van der Waals surface area contributed by atoms with Gasteiger partial charge in [0.1, 0.15) is 0 Å². The van der Waals surface area contributed by atoms with Crippen LogP contribution in [0.25, 0.3) is 0 Å². The van der Waals surface area contributed by atoms with E-state index in [0.717, 1.165) is 19.3 Å². The molecule has 2 heteroatoms. The lowest BCUT2D eigenvalue weighted by molar-refractivity contribution is 0.153. The SMILES string of the molecule is CC(C)(C)C1C[C@@H](N)C[C@@H](N)C1. The smallest absolute Gasteiger partial charge is 0.00564 e. The zero-order valence-electron chi connectivity index (χ0n) is 8.51. The maximum atomic E-state index is 5.93. The molecule has 1 saturated carbocycles. The van der Waals surface area contributed by atoms with Crippen LogP contribution in [0.5, 0.6) is 0 Å². The van der Waals surface area contributed by atoms with Crippen LogP contribution >= 0.6 is 0 Å². The lowest BCUT2D eigenvalue weighted by Gasteiger charge is -2.39. The van der Waals surface area contributed by atoms with E-state index in [9.17, 15) is 0 Å². The molecule has 0 bridgehead atoms. The van der Waals surface area contributed by atoms with Crippen molar-refractivity contribution in [3.8, 4) is 0 Å². The minimum atomic E-state index is 0.331. The molecule has 1 aliphatic carbocycles. The van der Waals surface area contributed by atoms with E-state index in [1.165, 1.54) is 0 Å². The van der Waals surface area contributed by atoms with Crippen molar-refractivity contribution in [2.45, 2.75) is 52.1 Å². The average molecular weight is 170 g/mol. The highest BCUT2D eigenvalue weighted by Gasteiger charge is 2.32. The summed E-state index contributed by atoms with van der Waals surface area (Å²) in [6.45, 7) is 6.84. The topological polar surface area (TPSA) is 52.0 Å². The second-order valence-corrected chi connectivity index (χ2v) is 5.29. The largest absolute Gasteiger partial charge is 0.328 e. The third kappa shape index (κ3) is 2.46. The van der Waals surface area contributed by atoms with E-state index in [2.05, 4.69) is 20.8 Å². The van der Waals surface area contributed by atoms with Crippen LogP contribution in [0.3, 0.4) is 0 Å². The highest BCUT2D eigenvalue weighted by atomic mass is 14.7. The van der Waals surface area contributed by atoms with Gasteiger partial charge in [-0.15, -0.1) is 0 Å². The Balaban J connectivity index is 2.55. The first-order valence-corrected chi connectivity index (χ1v) is 4.90. The number of hydrogen-bond acceptors (Lipinski definition) is 2. The monoisotopic (exact) mass is 170 g/mol. The summed E-state index contributed by atoms with van der Waals surface area (Å²) in [5.41, 5.74) is 12.2. The first kappa shape index (κ1) is 10.0. The first-order chi connectivity index (χ1) is 5.39. The molecule has 2 nitrogen and oxygen atoms in total. The Kier molecular flexibility index (Phi) is 2.79. The van der Waals surface area contributed by atoms with Crippen LogP contribution in [0.1, 0.15) is 40.0 Å². The van der Waals surface area contributed by atoms with Gasteiger partial charge < -0.3 is 11.5 Å². The van der Waals surface area contributed by atoms with Crippen LogP contribution in [-0.2, 0) is 0 Å². The Morgan fingerprint density at radius 3 is 1.67 bits per heavy atom. The predicted molar refractivity (Wildman–Crippen MR) is 52.7 cm³/mol. The molecule has 12 heavy (non-hydrogen) atoms. The Morgan fingerprint density at radius 2 is 1.33 bits per heavy atom. The van der Waals surface area contributed by atoms with Gasteiger partial charge in [-0.05, 0) is 30.6 Å². The summed E-state index contributed by atoms with van der Waals surface area (Å²) in [4.78, 5) is 0. The first-order valence-electron chi connectivity index (χ1n) is 4.90. The van der Waals surface area contributed by atoms with Gasteiger partial charge in [0, 0.05) is 12.1 Å². The minimum absolute atomic E-state index is 0.331. The summed E-state index contributed by atoms with van der Waals surface area (Å²) in [5, 5.41) is 0. The van der Waals surface area contributed by atoms with Gasteiger partial charge in [-0.1, -0.05) is 20.8 Å². The summed E-state index contributed by atoms with van der Waals surface area (Å²) < 4.78 is 0. The van der Waals surface area contributed by atoms with Crippen LogP contribution in [0.4, 0.5) is 0 Å². The molecule has 1 rings (SSSR count). The van der Waals surface area contributed by atoms with Crippen molar-refractivity contribution in [2.24, 2.45) is 22.8 Å². The van der Waals surface area contributed by atoms with Gasteiger partial charge in [-0.2, -0.15) is 0 Å². The second-order valence-electron chi connectivity index (χ2n) is 5.29. The molecule has 0 saturated heterocycles. The number of rotatable bonds is 0. The molecule has 0 amide bonds. The zero-order chi connectivity index (χ0) is 9.35. The zero-order valence-corrected chi connectivity index (χ0v) is 8.51. The van der Waals surface area contributed by atoms with Crippen molar-refractivity contribution in [1.29, 1.82) is 0 Å². The van der Waals surface area contributed by atoms with Crippen LogP contribution in [-0.4, -0.2) is 12.1 Å². The molecule has 4 N–H and O–H groups in total. The summed E-state index contributed by atoms with van der Waals surface area (Å²) in [5.74, 6) is 0.705. The van der Waals surface area contributed by atoms with E-state index >= 15 is 0 Å². The van der Waals surface area contributed by atoms with Crippen LogP contribution in [0.15, 0.2) is 0 Å². The molecule has 0 aliphatic heterocycles. The van der Waals surface area contributed by atoms with Gasteiger partial charge >= 0.3 is 0 Å². The minimum Gasteiger partial charge on any atom is -0.328 e. The average Bonchev–Trinajstić information content (AvgIpc) is 1.82. The van der Waals surface area contributed by atoms with Gasteiger partial charge in [-0.25, -0.2) is 0 Å². The van der Waals surface area contributed by atoms with Gasteiger partial charge in [-0.3, -0.25) is 0 Å². The Labute approximate surface area is 75.7 Å². The molecule has 1 fully saturated rings. The van der Waals surface area contributed by atoms with Gasteiger partial charge in [0.2, 0.25) is 0 Å². The molecule has 0 spiro atoms. The molecular formula is C10H22N2. The van der Waals surface area contributed by atoms with Crippen LogP contribution in [0.2, 0.25) is 0 Å². The highest BCUT2D eigenvalue weighted by Crippen LogP contribution is 2.36. The lowest BCUT2D eigenvalue weighted by Crippen LogP contribution is -2.43. The summed E-state index contributed by atoms with van der Waals surface area (Å²) in [7, 11) is 0. The maximum Gasteiger partial charge on any atom is 0.00564 e. The molecular weight excluding hydrogens is 148 g/mol. The van der Waals surface area contributed by atoms with Crippen molar-refractivity contribution in [3.63, 3.8) is 0 Å².